The van der Waals surface area contributed by atoms with Crippen LogP contribution in [0.1, 0.15) is 52.9 Å². The lowest BCUT2D eigenvalue weighted by Gasteiger charge is -2.38. The van der Waals surface area contributed by atoms with E-state index in [-0.39, 0.29) is 30.2 Å². The zero-order chi connectivity index (χ0) is 25.2. The predicted octanol–water partition coefficient (Wildman–Crippen LogP) is 4.89. The normalized spacial score (nSPS) is 16.7. The molecule has 6 nitrogen and oxygen atoms in total. The number of amides is 3. The molecule has 0 saturated heterocycles. The molecule has 0 spiro atoms. The van der Waals surface area contributed by atoms with Crippen LogP contribution in [0.25, 0.3) is 0 Å². The Morgan fingerprint density at radius 2 is 1.72 bits per heavy atom. The third kappa shape index (κ3) is 4.61. The Bertz CT molecular complexity index is 1320. The van der Waals surface area contributed by atoms with Crippen molar-refractivity contribution in [2.24, 2.45) is 0 Å². The molecule has 0 fully saturated rings. The maximum absolute atomic E-state index is 13.7. The summed E-state index contributed by atoms with van der Waals surface area (Å²) in [6, 6.07) is 18.7. The maximum atomic E-state index is 13.7. The summed E-state index contributed by atoms with van der Waals surface area (Å²) in [5.74, 6) is -0.817. The molecular formula is C29H28FN3O3. The van der Waals surface area contributed by atoms with Gasteiger partial charge in [0.1, 0.15) is 5.82 Å². The van der Waals surface area contributed by atoms with E-state index in [0.29, 0.717) is 24.3 Å². The number of anilines is 2. The van der Waals surface area contributed by atoms with Gasteiger partial charge in [-0.25, -0.2) is 4.39 Å². The fraction of sp³-hybridized carbons (Fsp3) is 0.276. The van der Waals surface area contributed by atoms with E-state index in [0.717, 1.165) is 36.1 Å². The minimum Gasteiger partial charge on any atom is -0.335 e. The average molecular weight is 486 g/mol. The van der Waals surface area contributed by atoms with Gasteiger partial charge in [-0.3, -0.25) is 14.4 Å². The van der Waals surface area contributed by atoms with Crippen molar-refractivity contribution in [1.82, 2.24) is 4.90 Å². The first-order valence-corrected chi connectivity index (χ1v) is 12.3. The highest BCUT2D eigenvalue weighted by molar-refractivity contribution is 6.05. The first-order chi connectivity index (χ1) is 17.4. The molecule has 1 unspecified atom stereocenters. The standard InChI is InChI=1S/C29H28FN3O3/c1-19(34)32-17-15-20-6-2-3-7-23(20)27(32)18-28(35)33-16-5-8-24-25(9-4-10-26(24)33)31-29(36)21-11-13-22(30)14-12-21/h2-4,6-7,9-14,27H,5,8,15-18H2,1H3,(H,31,36). The summed E-state index contributed by atoms with van der Waals surface area (Å²) in [7, 11) is 0. The molecule has 0 bridgehead atoms. The summed E-state index contributed by atoms with van der Waals surface area (Å²) in [5, 5.41) is 2.93. The molecule has 1 atom stereocenters. The van der Waals surface area contributed by atoms with Crippen LogP contribution in [0.15, 0.2) is 66.7 Å². The molecular weight excluding hydrogens is 457 g/mol. The monoisotopic (exact) mass is 485 g/mol. The van der Waals surface area contributed by atoms with E-state index in [2.05, 4.69) is 11.4 Å². The zero-order valence-electron chi connectivity index (χ0n) is 20.2. The summed E-state index contributed by atoms with van der Waals surface area (Å²) in [6.45, 7) is 2.73. The molecule has 3 aromatic rings. The van der Waals surface area contributed by atoms with Crippen molar-refractivity contribution in [3.05, 3.63) is 94.8 Å². The lowest BCUT2D eigenvalue weighted by atomic mass is 9.90. The van der Waals surface area contributed by atoms with Crippen LogP contribution in [-0.2, 0) is 22.4 Å². The second-order valence-corrected chi connectivity index (χ2v) is 9.29. The highest BCUT2D eigenvalue weighted by atomic mass is 19.1. The number of hydrogen-bond acceptors (Lipinski definition) is 3. The van der Waals surface area contributed by atoms with Crippen molar-refractivity contribution >= 4 is 29.1 Å². The van der Waals surface area contributed by atoms with Crippen molar-refractivity contribution < 1.29 is 18.8 Å². The van der Waals surface area contributed by atoms with E-state index in [4.69, 9.17) is 0 Å². The second kappa shape index (κ2) is 9.93. The van der Waals surface area contributed by atoms with Crippen molar-refractivity contribution in [3.8, 4) is 0 Å². The Kier molecular flexibility index (Phi) is 6.55. The maximum Gasteiger partial charge on any atom is 0.255 e. The summed E-state index contributed by atoms with van der Waals surface area (Å²) < 4.78 is 13.2. The smallest absolute Gasteiger partial charge is 0.255 e. The summed E-state index contributed by atoms with van der Waals surface area (Å²) in [6.07, 6.45) is 2.47. The lowest BCUT2D eigenvalue weighted by molar-refractivity contribution is -0.133. The first-order valence-electron chi connectivity index (χ1n) is 12.3. The third-order valence-corrected chi connectivity index (χ3v) is 7.09. The minimum absolute atomic E-state index is 0.0351. The van der Waals surface area contributed by atoms with E-state index in [9.17, 15) is 18.8 Å². The highest BCUT2D eigenvalue weighted by Crippen LogP contribution is 2.37. The van der Waals surface area contributed by atoms with Gasteiger partial charge in [-0.1, -0.05) is 30.3 Å². The molecule has 3 amide bonds. The average Bonchev–Trinajstić information content (AvgIpc) is 2.89. The zero-order valence-corrected chi connectivity index (χ0v) is 20.2. The second-order valence-electron chi connectivity index (χ2n) is 9.29. The van der Waals surface area contributed by atoms with Crippen LogP contribution in [-0.4, -0.2) is 35.7 Å². The van der Waals surface area contributed by atoms with Crippen molar-refractivity contribution in [2.75, 3.05) is 23.3 Å². The number of hydrogen-bond donors (Lipinski definition) is 1. The van der Waals surface area contributed by atoms with Crippen LogP contribution in [0, 0.1) is 5.82 Å². The molecule has 2 aliphatic rings. The number of nitrogens with zero attached hydrogens (tertiary/aromatic N) is 2. The molecule has 2 heterocycles. The van der Waals surface area contributed by atoms with E-state index < -0.39 is 5.82 Å². The number of fused-ring (bicyclic) bond motifs is 2. The fourth-order valence-corrected chi connectivity index (χ4v) is 5.32. The Balaban J connectivity index is 1.40. The third-order valence-electron chi connectivity index (χ3n) is 7.09. The van der Waals surface area contributed by atoms with Gasteiger partial charge in [-0.2, -0.15) is 0 Å². The van der Waals surface area contributed by atoms with Crippen LogP contribution in [0.3, 0.4) is 0 Å². The van der Waals surface area contributed by atoms with Crippen LogP contribution >= 0.6 is 0 Å². The SMILES string of the molecule is CC(=O)N1CCc2ccccc2C1CC(=O)N1CCCc2c(NC(=O)c3ccc(F)cc3)cccc21. The summed E-state index contributed by atoms with van der Waals surface area (Å²) in [5.41, 5.74) is 4.90. The lowest BCUT2D eigenvalue weighted by Crippen LogP contribution is -2.43. The van der Waals surface area contributed by atoms with Gasteiger partial charge in [0.25, 0.3) is 5.91 Å². The molecule has 184 valence electrons. The molecule has 3 aromatic carbocycles. The van der Waals surface area contributed by atoms with Gasteiger partial charge in [0.2, 0.25) is 11.8 Å². The van der Waals surface area contributed by atoms with Crippen LogP contribution in [0.4, 0.5) is 15.8 Å². The fourth-order valence-electron chi connectivity index (χ4n) is 5.32. The Labute approximate surface area is 209 Å². The Hall–Kier alpha value is -4.00. The van der Waals surface area contributed by atoms with Crippen molar-refractivity contribution in [1.29, 1.82) is 0 Å². The molecule has 0 aliphatic carbocycles. The Morgan fingerprint density at radius 1 is 0.944 bits per heavy atom. The van der Waals surface area contributed by atoms with Crippen LogP contribution in [0.2, 0.25) is 0 Å². The summed E-state index contributed by atoms with van der Waals surface area (Å²) >= 11 is 0. The molecule has 2 aliphatic heterocycles. The molecule has 5 rings (SSSR count). The van der Waals surface area contributed by atoms with Gasteiger partial charge in [0, 0.05) is 37.0 Å². The van der Waals surface area contributed by atoms with Gasteiger partial charge in [0.05, 0.1) is 12.5 Å². The predicted molar refractivity (Wildman–Crippen MR) is 136 cm³/mol. The van der Waals surface area contributed by atoms with Crippen LogP contribution in [0.5, 0.6) is 0 Å². The van der Waals surface area contributed by atoms with Gasteiger partial charge < -0.3 is 15.1 Å². The number of nitrogens with one attached hydrogen (secondary N) is 1. The number of rotatable bonds is 4. The topological polar surface area (TPSA) is 69.7 Å². The molecule has 0 radical (unpaired) electrons. The van der Waals surface area contributed by atoms with Crippen LogP contribution < -0.4 is 10.2 Å². The molecule has 0 saturated carbocycles. The first kappa shape index (κ1) is 23.7. The quantitative estimate of drug-likeness (QED) is 0.572. The van der Waals surface area contributed by atoms with Crippen molar-refractivity contribution in [2.45, 2.75) is 38.6 Å². The van der Waals surface area contributed by atoms with Crippen molar-refractivity contribution in [3.63, 3.8) is 0 Å². The van der Waals surface area contributed by atoms with E-state index in [1.807, 2.05) is 36.4 Å². The molecule has 1 N–H and O–H groups in total. The van der Waals surface area contributed by atoms with E-state index >= 15 is 0 Å². The van der Waals surface area contributed by atoms with Gasteiger partial charge in [-0.15, -0.1) is 0 Å². The largest absolute Gasteiger partial charge is 0.335 e. The molecule has 7 heteroatoms. The number of benzene rings is 3. The number of halogens is 1. The Morgan fingerprint density at radius 3 is 2.50 bits per heavy atom. The number of carbonyl (C=O) groups is 3. The van der Waals surface area contributed by atoms with E-state index in [1.165, 1.54) is 29.8 Å². The minimum atomic E-state index is -0.401. The van der Waals surface area contributed by atoms with Gasteiger partial charge in [-0.05, 0) is 72.4 Å². The van der Waals surface area contributed by atoms with Gasteiger partial charge >= 0.3 is 0 Å². The van der Waals surface area contributed by atoms with Gasteiger partial charge in [0.15, 0.2) is 0 Å². The summed E-state index contributed by atoms with van der Waals surface area (Å²) in [4.78, 5) is 42.4. The highest BCUT2D eigenvalue weighted by Gasteiger charge is 2.33. The van der Waals surface area contributed by atoms with E-state index in [1.54, 1.807) is 16.7 Å². The number of carbonyl (C=O) groups excluding carboxylic acids is 3. The molecule has 0 aromatic heterocycles. The molecule has 36 heavy (non-hydrogen) atoms.